The average molecular weight is 374 g/mol. The van der Waals surface area contributed by atoms with E-state index in [0.717, 1.165) is 26.1 Å². The van der Waals surface area contributed by atoms with Crippen molar-refractivity contribution in [3.8, 4) is 0 Å². The topological polar surface area (TPSA) is 47.0 Å². The summed E-state index contributed by atoms with van der Waals surface area (Å²) in [5.41, 5.74) is 1.25. The number of amides is 1. The number of carbonyl (C=O) groups excluding carboxylic acids is 1. The van der Waals surface area contributed by atoms with Crippen molar-refractivity contribution in [2.45, 2.75) is 51.2 Å². The molecule has 150 valence electrons. The maximum absolute atomic E-state index is 12.6. The maximum Gasteiger partial charge on any atom is 0.222 e. The third kappa shape index (κ3) is 6.91. The fourth-order valence-electron chi connectivity index (χ4n) is 4.24. The molecule has 0 bridgehead atoms. The molecule has 0 aromatic heterocycles. The molecule has 0 spiro atoms. The Bertz CT molecular complexity index is 558. The first kappa shape index (κ1) is 20.3. The lowest BCUT2D eigenvalue weighted by Gasteiger charge is -2.23. The summed E-state index contributed by atoms with van der Waals surface area (Å²) in [7, 11) is 0. The molecule has 2 aliphatic heterocycles. The second kappa shape index (κ2) is 10.8. The monoisotopic (exact) mass is 373 g/mol. The van der Waals surface area contributed by atoms with Crippen molar-refractivity contribution < 1.29 is 9.90 Å². The molecule has 2 fully saturated rings. The zero-order valence-electron chi connectivity index (χ0n) is 16.6. The highest BCUT2D eigenvalue weighted by Gasteiger charge is 2.24. The first-order valence-electron chi connectivity index (χ1n) is 10.7. The minimum atomic E-state index is -0.467. The van der Waals surface area contributed by atoms with E-state index in [1.807, 2.05) is 23.1 Å². The highest BCUT2D eigenvalue weighted by Crippen LogP contribution is 2.13. The van der Waals surface area contributed by atoms with E-state index < -0.39 is 6.10 Å². The SMILES string of the molecule is O=C(CCCN1CCCCCC1)N1CCN(Cc2ccccc2)C[C@@H](O)C1. The number of nitrogens with zero attached hydrogens (tertiary/aromatic N) is 3. The van der Waals surface area contributed by atoms with Gasteiger partial charge >= 0.3 is 0 Å². The van der Waals surface area contributed by atoms with Gasteiger partial charge in [0.05, 0.1) is 6.10 Å². The second-order valence-electron chi connectivity index (χ2n) is 8.07. The zero-order valence-corrected chi connectivity index (χ0v) is 16.6. The lowest BCUT2D eigenvalue weighted by atomic mass is 10.2. The molecule has 5 heteroatoms. The van der Waals surface area contributed by atoms with Gasteiger partial charge in [0.1, 0.15) is 0 Å². The van der Waals surface area contributed by atoms with Gasteiger partial charge in [0.2, 0.25) is 5.91 Å². The van der Waals surface area contributed by atoms with Crippen LogP contribution in [0.15, 0.2) is 30.3 Å². The van der Waals surface area contributed by atoms with Gasteiger partial charge in [-0.15, -0.1) is 0 Å². The normalized spacial score (nSPS) is 23.0. The van der Waals surface area contributed by atoms with Crippen molar-refractivity contribution >= 4 is 5.91 Å². The Kier molecular flexibility index (Phi) is 8.11. The van der Waals surface area contributed by atoms with Crippen molar-refractivity contribution in [3.05, 3.63) is 35.9 Å². The van der Waals surface area contributed by atoms with E-state index in [1.165, 1.54) is 44.3 Å². The number of hydrogen-bond donors (Lipinski definition) is 1. The van der Waals surface area contributed by atoms with Crippen molar-refractivity contribution in [2.75, 3.05) is 45.8 Å². The summed E-state index contributed by atoms with van der Waals surface area (Å²) in [5, 5.41) is 10.4. The predicted octanol–water partition coefficient (Wildman–Crippen LogP) is 2.35. The molecule has 27 heavy (non-hydrogen) atoms. The van der Waals surface area contributed by atoms with E-state index in [9.17, 15) is 9.90 Å². The molecular formula is C22H35N3O2. The van der Waals surface area contributed by atoms with Crippen molar-refractivity contribution in [3.63, 3.8) is 0 Å². The molecule has 1 aromatic carbocycles. The van der Waals surface area contributed by atoms with Crippen molar-refractivity contribution in [1.29, 1.82) is 0 Å². The van der Waals surface area contributed by atoms with Gasteiger partial charge in [-0.05, 0) is 44.5 Å². The van der Waals surface area contributed by atoms with Crippen LogP contribution < -0.4 is 0 Å². The van der Waals surface area contributed by atoms with E-state index in [0.29, 0.717) is 26.1 Å². The van der Waals surface area contributed by atoms with Crippen molar-refractivity contribution in [1.82, 2.24) is 14.7 Å². The van der Waals surface area contributed by atoms with Gasteiger partial charge in [0.25, 0.3) is 0 Å². The van der Waals surface area contributed by atoms with E-state index in [-0.39, 0.29) is 5.91 Å². The molecule has 2 saturated heterocycles. The molecule has 3 rings (SSSR count). The number of likely N-dealkylation sites (tertiary alicyclic amines) is 1. The zero-order chi connectivity index (χ0) is 18.9. The molecule has 0 radical (unpaired) electrons. The van der Waals surface area contributed by atoms with Gasteiger partial charge in [0, 0.05) is 39.1 Å². The molecule has 0 unspecified atom stereocenters. The van der Waals surface area contributed by atoms with Crippen LogP contribution in [0.5, 0.6) is 0 Å². The van der Waals surface area contributed by atoms with E-state index in [4.69, 9.17) is 0 Å². The number of hydrogen-bond acceptors (Lipinski definition) is 4. The van der Waals surface area contributed by atoms with E-state index in [1.54, 1.807) is 0 Å². The molecule has 1 atom stereocenters. The van der Waals surface area contributed by atoms with Crippen LogP contribution >= 0.6 is 0 Å². The van der Waals surface area contributed by atoms with Crippen LogP contribution in [0, 0.1) is 0 Å². The molecule has 1 amide bonds. The summed E-state index contributed by atoms with van der Waals surface area (Å²) in [4.78, 5) is 19.3. The van der Waals surface area contributed by atoms with E-state index >= 15 is 0 Å². The lowest BCUT2D eigenvalue weighted by molar-refractivity contribution is -0.132. The summed E-state index contributed by atoms with van der Waals surface area (Å²) < 4.78 is 0. The second-order valence-corrected chi connectivity index (χ2v) is 8.07. The summed E-state index contributed by atoms with van der Waals surface area (Å²) in [6.07, 6.45) is 6.35. The number of carbonyl (C=O) groups is 1. The van der Waals surface area contributed by atoms with Crippen molar-refractivity contribution in [2.24, 2.45) is 0 Å². The van der Waals surface area contributed by atoms with Crippen LogP contribution in [0.25, 0.3) is 0 Å². The van der Waals surface area contributed by atoms with Gasteiger partial charge in [-0.25, -0.2) is 0 Å². The van der Waals surface area contributed by atoms with Gasteiger partial charge in [-0.3, -0.25) is 9.69 Å². The summed E-state index contributed by atoms with van der Waals surface area (Å²) in [6.45, 7) is 6.86. The summed E-state index contributed by atoms with van der Waals surface area (Å²) in [5.74, 6) is 0.199. The Labute approximate surface area is 163 Å². The lowest BCUT2D eigenvalue weighted by Crippen LogP contribution is -2.38. The predicted molar refractivity (Wildman–Crippen MR) is 108 cm³/mol. The average Bonchev–Trinajstić information content (AvgIpc) is 3.03. The molecule has 1 aromatic rings. The van der Waals surface area contributed by atoms with Gasteiger partial charge in [0.15, 0.2) is 0 Å². The first-order chi connectivity index (χ1) is 13.2. The van der Waals surface area contributed by atoms with Crippen LogP contribution in [0.3, 0.4) is 0 Å². The van der Waals surface area contributed by atoms with Crippen LogP contribution in [0.2, 0.25) is 0 Å². The number of rotatable bonds is 6. The summed E-state index contributed by atoms with van der Waals surface area (Å²) in [6, 6.07) is 10.3. The first-order valence-corrected chi connectivity index (χ1v) is 10.7. The molecule has 2 aliphatic rings. The molecule has 2 heterocycles. The Hall–Kier alpha value is -1.43. The number of aliphatic hydroxyl groups is 1. The van der Waals surface area contributed by atoms with Crippen LogP contribution in [0.1, 0.15) is 44.1 Å². The third-order valence-corrected chi connectivity index (χ3v) is 5.75. The maximum atomic E-state index is 12.6. The fourth-order valence-corrected chi connectivity index (χ4v) is 4.24. The molecule has 0 saturated carbocycles. The summed E-state index contributed by atoms with van der Waals surface area (Å²) >= 11 is 0. The smallest absolute Gasteiger partial charge is 0.222 e. The third-order valence-electron chi connectivity index (χ3n) is 5.75. The molecule has 5 nitrogen and oxygen atoms in total. The Morgan fingerprint density at radius 1 is 0.926 bits per heavy atom. The number of benzene rings is 1. The molecule has 1 N–H and O–H groups in total. The minimum Gasteiger partial charge on any atom is -0.390 e. The largest absolute Gasteiger partial charge is 0.390 e. The molecular weight excluding hydrogens is 338 g/mol. The minimum absolute atomic E-state index is 0.199. The van der Waals surface area contributed by atoms with Gasteiger partial charge in [-0.1, -0.05) is 43.2 Å². The van der Waals surface area contributed by atoms with Gasteiger partial charge < -0.3 is 14.9 Å². The number of β-amino-alcohol motifs (C(OH)–C–C–N with tert-alkyl or cyclic N) is 1. The highest BCUT2D eigenvalue weighted by molar-refractivity contribution is 5.76. The standard InChI is InChI=1S/C22H35N3O2/c26-21-18-24(17-20-9-4-3-5-10-20)15-16-25(19-21)22(27)11-8-14-23-12-6-1-2-7-13-23/h3-5,9-10,21,26H,1-2,6-8,11-19H2/t21-/m1/s1. The quantitative estimate of drug-likeness (QED) is 0.832. The van der Waals surface area contributed by atoms with Gasteiger partial charge in [-0.2, -0.15) is 0 Å². The Balaban J connectivity index is 1.42. The van der Waals surface area contributed by atoms with Crippen LogP contribution in [0.4, 0.5) is 0 Å². The Morgan fingerprint density at radius 2 is 1.67 bits per heavy atom. The number of aliphatic hydroxyl groups excluding tert-OH is 1. The molecule has 0 aliphatic carbocycles. The van der Waals surface area contributed by atoms with Crippen LogP contribution in [-0.4, -0.2) is 77.6 Å². The van der Waals surface area contributed by atoms with Crippen LogP contribution in [-0.2, 0) is 11.3 Å². The fraction of sp³-hybridized carbons (Fsp3) is 0.682. The Morgan fingerprint density at radius 3 is 2.41 bits per heavy atom. The highest BCUT2D eigenvalue weighted by atomic mass is 16.3. The van der Waals surface area contributed by atoms with E-state index in [2.05, 4.69) is 21.9 Å².